The number of hydrogen-bond acceptors (Lipinski definition) is 3. The van der Waals surface area contributed by atoms with E-state index >= 15 is 0 Å². The first-order valence-electron chi connectivity index (χ1n) is 3.06. The summed E-state index contributed by atoms with van der Waals surface area (Å²) in [7, 11) is -4.19. The number of allylic oxidation sites excluding steroid dienone is 2. The molecule has 0 saturated heterocycles. The highest BCUT2D eigenvalue weighted by Gasteiger charge is 2.35. The van der Waals surface area contributed by atoms with E-state index in [1.165, 1.54) is 12.2 Å². The maximum Gasteiger partial charge on any atom is 0.287 e. The number of rotatable bonds is 1. The smallest absolute Gasteiger partial charge is 0.287 e. The topological polar surface area (TPSA) is 80.4 Å². The van der Waals surface area contributed by atoms with Crippen molar-refractivity contribution in [2.45, 2.75) is 11.3 Å². The van der Waals surface area contributed by atoms with Gasteiger partial charge in [-0.1, -0.05) is 18.2 Å². The van der Waals surface area contributed by atoms with Gasteiger partial charge in [-0.2, -0.15) is 8.42 Å². The standard InChI is InChI=1S/C6H9NO3S/c7-6(11(8,9)10)4-2-1-3-5-6/h1-4H,5,7H2,(H,8,9,10). The molecule has 0 aliphatic heterocycles. The van der Waals surface area contributed by atoms with Gasteiger partial charge in [0, 0.05) is 6.42 Å². The van der Waals surface area contributed by atoms with Crippen LogP contribution in [0.3, 0.4) is 0 Å². The van der Waals surface area contributed by atoms with Gasteiger partial charge < -0.3 is 5.73 Å². The van der Waals surface area contributed by atoms with Crippen molar-refractivity contribution >= 4 is 10.1 Å². The van der Waals surface area contributed by atoms with Gasteiger partial charge in [0.1, 0.15) is 0 Å². The van der Waals surface area contributed by atoms with Gasteiger partial charge in [0.25, 0.3) is 10.1 Å². The van der Waals surface area contributed by atoms with Crippen LogP contribution in [0.1, 0.15) is 6.42 Å². The monoisotopic (exact) mass is 175 g/mol. The normalized spacial score (nSPS) is 30.7. The van der Waals surface area contributed by atoms with Crippen molar-refractivity contribution in [2.24, 2.45) is 5.73 Å². The van der Waals surface area contributed by atoms with Crippen LogP contribution in [0.25, 0.3) is 0 Å². The minimum absolute atomic E-state index is 0.113. The van der Waals surface area contributed by atoms with Gasteiger partial charge >= 0.3 is 0 Å². The van der Waals surface area contributed by atoms with Crippen LogP contribution in [0.15, 0.2) is 24.3 Å². The van der Waals surface area contributed by atoms with Crippen LogP contribution < -0.4 is 5.73 Å². The summed E-state index contributed by atoms with van der Waals surface area (Å²) in [5.41, 5.74) is 5.36. The van der Waals surface area contributed by atoms with Gasteiger partial charge in [0.05, 0.1) is 0 Å². The van der Waals surface area contributed by atoms with Crippen LogP contribution in [-0.2, 0) is 10.1 Å². The Kier molecular flexibility index (Phi) is 1.87. The van der Waals surface area contributed by atoms with Crippen LogP contribution in [0.4, 0.5) is 0 Å². The second kappa shape index (κ2) is 2.44. The molecular weight excluding hydrogens is 166 g/mol. The fourth-order valence-electron chi connectivity index (χ4n) is 0.809. The number of nitrogens with two attached hydrogens (primary N) is 1. The molecule has 1 atom stereocenters. The summed E-state index contributed by atoms with van der Waals surface area (Å²) in [4.78, 5) is -1.62. The van der Waals surface area contributed by atoms with Crippen LogP contribution in [0.5, 0.6) is 0 Å². The van der Waals surface area contributed by atoms with E-state index in [4.69, 9.17) is 10.3 Å². The van der Waals surface area contributed by atoms with Gasteiger partial charge in [-0.25, -0.2) is 0 Å². The molecule has 0 amide bonds. The van der Waals surface area contributed by atoms with Crippen LogP contribution >= 0.6 is 0 Å². The highest BCUT2D eigenvalue weighted by molar-refractivity contribution is 7.87. The average Bonchev–Trinajstić information content (AvgIpc) is 1.87. The SMILES string of the molecule is NC1(S(=O)(=O)O)C=CC=CC1. The predicted octanol–water partition coefficient (Wildman–Crippen LogP) is 0.0453. The molecule has 0 radical (unpaired) electrons. The van der Waals surface area contributed by atoms with Crippen molar-refractivity contribution in [1.82, 2.24) is 0 Å². The molecule has 0 bridgehead atoms. The van der Waals surface area contributed by atoms with E-state index in [0.717, 1.165) is 0 Å². The minimum atomic E-state index is -4.19. The molecule has 62 valence electrons. The van der Waals surface area contributed by atoms with Gasteiger partial charge in [0.15, 0.2) is 4.87 Å². The molecule has 1 rings (SSSR count). The Hall–Kier alpha value is -0.650. The second-order valence-corrected chi connectivity index (χ2v) is 4.13. The Labute approximate surface area is 65.1 Å². The molecule has 0 heterocycles. The predicted molar refractivity (Wildman–Crippen MR) is 41.4 cm³/mol. The first kappa shape index (κ1) is 8.45. The van der Waals surface area contributed by atoms with Crippen LogP contribution in [-0.4, -0.2) is 17.8 Å². The van der Waals surface area contributed by atoms with Gasteiger partial charge in [-0.3, -0.25) is 4.55 Å². The fraction of sp³-hybridized carbons (Fsp3) is 0.333. The third-order valence-electron chi connectivity index (χ3n) is 1.54. The van der Waals surface area contributed by atoms with E-state index < -0.39 is 15.0 Å². The van der Waals surface area contributed by atoms with E-state index in [9.17, 15) is 8.42 Å². The molecule has 1 aliphatic carbocycles. The van der Waals surface area contributed by atoms with Crippen molar-refractivity contribution in [2.75, 3.05) is 0 Å². The molecule has 4 nitrogen and oxygen atoms in total. The second-order valence-electron chi connectivity index (χ2n) is 2.42. The lowest BCUT2D eigenvalue weighted by molar-refractivity contribution is 0.447. The molecule has 0 aromatic carbocycles. The van der Waals surface area contributed by atoms with E-state index in [2.05, 4.69) is 0 Å². The molecule has 11 heavy (non-hydrogen) atoms. The number of hydrogen-bond donors (Lipinski definition) is 2. The Morgan fingerprint density at radius 2 is 2.09 bits per heavy atom. The van der Waals surface area contributed by atoms with Gasteiger partial charge in [-0.05, 0) is 6.08 Å². The highest BCUT2D eigenvalue weighted by atomic mass is 32.2. The lowest BCUT2D eigenvalue weighted by Crippen LogP contribution is -2.45. The summed E-state index contributed by atoms with van der Waals surface area (Å²) in [6.07, 6.45) is 6.14. The zero-order valence-electron chi connectivity index (χ0n) is 5.77. The average molecular weight is 175 g/mol. The Morgan fingerprint density at radius 1 is 1.45 bits per heavy atom. The summed E-state index contributed by atoms with van der Waals surface area (Å²) < 4.78 is 30.0. The van der Waals surface area contributed by atoms with Crippen LogP contribution in [0, 0.1) is 0 Å². The lowest BCUT2D eigenvalue weighted by Gasteiger charge is -2.21. The molecule has 0 spiro atoms. The van der Waals surface area contributed by atoms with Crippen LogP contribution in [0.2, 0.25) is 0 Å². The van der Waals surface area contributed by atoms with E-state index in [1.807, 2.05) is 0 Å². The Balaban J connectivity index is 3.04. The van der Waals surface area contributed by atoms with Crippen molar-refractivity contribution in [3.63, 3.8) is 0 Å². The maximum absolute atomic E-state index is 10.7. The van der Waals surface area contributed by atoms with Crippen molar-refractivity contribution < 1.29 is 13.0 Å². The molecule has 1 aliphatic rings. The first-order chi connectivity index (χ1) is 4.96. The third-order valence-corrected chi connectivity index (χ3v) is 2.81. The zero-order valence-corrected chi connectivity index (χ0v) is 6.58. The minimum Gasteiger partial charge on any atom is -0.307 e. The Morgan fingerprint density at radius 3 is 2.36 bits per heavy atom. The fourth-order valence-corrected chi connectivity index (χ4v) is 1.37. The van der Waals surface area contributed by atoms with Gasteiger partial charge in [-0.15, -0.1) is 0 Å². The third kappa shape index (κ3) is 1.50. The van der Waals surface area contributed by atoms with Crippen molar-refractivity contribution in [3.8, 4) is 0 Å². The summed E-state index contributed by atoms with van der Waals surface area (Å²) in [5, 5.41) is 0. The highest BCUT2D eigenvalue weighted by Crippen LogP contribution is 2.19. The van der Waals surface area contributed by atoms with Crippen molar-refractivity contribution in [1.29, 1.82) is 0 Å². The quantitative estimate of drug-likeness (QED) is 0.551. The van der Waals surface area contributed by atoms with Crippen molar-refractivity contribution in [3.05, 3.63) is 24.3 Å². The largest absolute Gasteiger partial charge is 0.307 e. The van der Waals surface area contributed by atoms with E-state index in [1.54, 1.807) is 12.2 Å². The summed E-state index contributed by atoms with van der Waals surface area (Å²) >= 11 is 0. The van der Waals surface area contributed by atoms with Gasteiger partial charge in [0.2, 0.25) is 0 Å². The molecule has 0 fully saturated rings. The van der Waals surface area contributed by atoms with E-state index in [-0.39, 0.29) is 6.42 Å². The lowest BCUT2D eigenvalue weighted by atomic mass is 10.1. The molecule has 0 aromatic heterocycles. The molecule has 1 unspecified atom stereocenters. The Bertz CT molecular complexity index is 304. The summed E-state index contributed by atoms with van der Waals surface area (Å²) in [6.45, 7) is 0. The maximum atomic E-state index is 10.7. The zero-order chi connectivity index (χ0) is 8.54. The first-order valence-corrected chi connectivity index (χ1v) is 4.50. The molecule has 5 heteroatoms. The molecular formula is C6H9NO3S. The summed E-state index contributed by atoms with van der Waals surface area (Å²) in [5.74, 6) is 0. The molecule has 0 aromatic rings. The van der Waals surface area contributed by atoms with E-state index in [0.29, 0.717) is 0 Å². The molecule has 3 N–H and O–H groups in total. The molecule has 0 saturated carbocycles. The summed E-state index contributed by atoms with van der Waals surface area (Å²) in [6, 6.07) is 0.